The summed E-state index contributed by atoms with van der Waals surface area (Å²) in [6, 6.07) is 5.76. The molecule has 0 fully saturated rings. The molecule has 1 aromatic carbocycles. The third-order valence-electron chi connectivity index (χ3n) is 2.26. The molecule has 1 amide bonds. The summed E-state index contributed by atoms with van der Waals surface area (Å²) in [5.74, 6) is -1.49. The van der Waals surface area contributed by atoms with Crippen LogP contribution in [0.4, 0.5) is 13.2 Å². The van der Waals surface area contributed by atoms with E-state index in [4.69, 9.17) is 9.84 Å². The minimum Gasteiger partial charge on any atom is -0.482 e. The molecule has 1 rings (SSSR count). The number of hydrogen-bond donors (Lipinski definition) is 2. The zero-order valence-corrected chi connectivity index (χ0v) is 11.4. The van der Waals surface area contributed by atoms with E-state index in [0.717, 1.165) is 0 Å². The monoisotopic (exact) mass is 321 g/mol. The summed E-state index contributed by atoms with van der Waals surface area (Å²) < 4.78 is 44.7. The van der Waals surface area contributed by atoms with Gasteiger partial charge >= 0.3 is 12.1 Å². The Bertz CT molecular complexity index is 519. The molecule has 0 aliphatic carbocycles. The average molecular weight is 321 g/mol. The van der Waals surface area contributed by atoms with Crippen molar-refractivity contribution >= 4 is 11.9 Å². The fourth-order valence-electron chi connectivity index (χ4n) is 1.40. The summed E-state index contributed by atoms with van der Waals surface area (Å²) in [6.45, 7) is -2.28. The van der Waals surface area contributed by atoms with Crippen molar-refractivity contribution in [2.45, 2.75) is 6.18 Å². The fourth-order valence-corrected chi connectivity index (χ4v) is 1.40. The standard InChI is InChI=1S/C13H14F3NO5/c14-13(15,16)8-21-5-4-17-12(20)9-2-1-3-10(6-9)22-7-11(18)19/h1-3,6H,4-5,7-8H2,(H,17,20)(H,18,19). The number of ether oxygens (including phenoxy) is 2. The van der Waals surface area contributed by atoms with Crippen LogP contribution in [0.3, 0.4) is 0 Å². The van der Waals surface area contributed by atoms with Crippen LogP contribution in [0.1, 0.15) is 10.4 Å². The van der Waals surface area contributed by atoms with Gasteiger partial charge < -0.3 is 19.9 Å². The van der Waals surface area contributed by atoms with Gasteiger partial charge in [-0.15, -0.1) is 0 Å². The van der Waals surface area contributed by atoms with E-state index in [1.165, 1.54) is 24.3 Å². The van der Waals surface area contributed by atoms with E-state index in [1.54, 1.807) is 0 Å². The van der Waals surface area contributed by atoms with E-state index >= 15 is 0 Å². The number of amides is 1. The molecule has 0 radical (unpaired) electrons. The molecule has 22 heavy (non-hydrogen) atoms. The topological polar surface area (TPSA) is 84.9 Å². The number of carboxylic acid groups (broad SMARTS) is 1. The Morgan fingerprint density at radius 3 is 2.64 bits per heavy atom. The largest absolute Gasteiger partial charge is 0.482 e. The lowest BCUT2D eigenvalue weighted by atomic mass is 10.2. The van der Waals surface area contributed by atoms with E-state index < -0.39 is 31.3 Å². The van der Waals surface area contributed by atoms with Gasteiger partial charge in [-0.25, -0.2) is 4.79 Å². The molecule has 0 spiro atoms. The lowest BCUT2D eigenvalue weighted by Crippen LogP contribution is -2.28. The number of rotatable bonds is 8. The second-order valence-corrected chi connectivity index (χ2v) is 4.13. The minimum absolute atomic E-state index is 0.0882. The maximum atomic E-state index is 11.8. The third-order valence-corrected chi connectivity index (χ3v) is 2.26. The molecule has 0 saturated carbocycles. The summed E-state index contributed by atoms with van der Waals surface area (Å²) in [5, 5.41) is 10.9. The van der Waals surface area contributed by atoms with E-state index in [-0.39, 0.29) is 24.5 Å². The Hall–Kier alpha value is -2.29. The van der Waals surface area contributed by atoms with E-state index in [9.17, 15) is 22.8 Å². The van der Waals surface area contributed by atoms with Gasteiger partial charge in [-0.3, -0.25) is 4.79 Å². The number of nitrogens with one attached hydrogen (secondary N) is 1. The van der Waals surface area contributed by atoms with Crippen LogP contribution >= 0.6 is 0 Å². The van der Waals surface area contributed by atoms with E-state index in [2.05, 4.69) is 10.1 Å². The van der Waals surface area contributed by atoms with Crippen LogP contribution in [-0.2, 0) is 9.53 Å². The highest BCUT2D eigenvalue weighted by Gasteiger charge is 2.27. The van der Waals surface area contributed by atoms with Crippen molar-refractivity contribution in [3.63, 3.8) is 0 Å². The Balaban J connectivity index is 2.39. The summed E-state index contributed by atoms with van der Waals surface area (Å²) in [7, 11) is 0. The molecule has 0 atom stereocenters. The van der Waals surface area contributed by atoms with Crippen molar-refractivity contribution in [1.82, 2.24) is 5.32 Å². The number of benzene rings is 1. The number of carboxylic acids is 1. The average Bonchev–Trinajstić information content (AvgIpc) is 2.43. The van der Waals surface area contributed by atoms with Crippen LogP contribution in [0.15, 0.2) is 24.3 Å². The first kappa shape index (κ1) is 17.8. The molecule has 2 N–H and O–H groups in total. The highest BCUT2D eigenvalue weighted by molar-refractivity contribution is 5.94. The van der Waals surface area contributed by atoms with Gasteiger partial charge in [0.2, 0.25) is 0 Å². The SMILES string of the molecule is O=C(O)COc1cccc(C(=O)NCCOCC(F)(F)F)c1. The Labute approximate surface area is 123 Å². The molecule has 0 saturated heterocycles. The molecule has 0 heterocycles. The van der Waals surface area contributed by atoms with Gasteiger partial charge in [0.05, 0.1) is 6.61 Å². The Morgan fingerprint density at radius 2 is 2.00 bits per heavy atom. The van der Waals surface area contributed by atoms with Crippen LogP contribution in [-0.4, -0.2) is 49.5 Å². The van der Waals surface area contributed by atoms with Gasteiger partial charge in [0.25, 0.3) is 5.91 Å². The Kier molecular flexibility index (Phi) is 6.64. The molecule has 0 aromatic heterocycles. The summed E-state index contributed by atoms with van der Waals surface area (Å²) in [5.41, 5.74) is 0.193. The van der Waals surface area contributed by atoms with Crippen LogP contribution in [0.5, 0.6) is 5.75 Å². The first-order valence-electron chi connectivity index (χ1n) is 6.15. The second kappa shape index (κ2) is 8.23. The first-order valence-corrected chi connectivity index (χ1v) is 6.15. The highest BCUT2D eigenvalue weighted by Crippen LogP contribution is 2.14. The quantitative estimate of drug-likeness (QED) is 0.708. The van der Waals surface area contributed by atoms with Gasteiger partial charge in [0.1, 0.15) is 12.4 Å². The van der Waals surface area contributed by atoms with Crippen molar-refractivity contribution in [2.24, 2.45) is 0 Å². The number of hydrogen-bond acceptors (Lipinski definition) is 4. The van der Waals surface area contributed by atoms with Crippen LogP contribution in [0, 0.1) is 0 Å². The summed E-state index contributed by atoms with van der Waals surface area (Å²) >= 11 is 0. The van der Waals surface area contributed by atoms with Gasteiger partial charge in [-0.2, -0.15) is 13.2 Å². The van der Waals surface area contributed by atoms with Crippen molar-refractivity contribution in [1.29, 1.82) is 0 Å². The van der Waals surface area contributed by atoms with Crippen LogP contribution in [0.2, 0.25) is 0 Å². The van der Waals surface area contributed by atoms with E-state index in [1.807, 2.05) is 0 Å². The molecule has 6 nitrogen and oxygen atoms in total. The molecule has 1 aromatic rings. The maximum absolute atomic E-state index is 11.8. The zero-order valence-electron chi connectivity index (χ0n) is 11.4. The van der Waals surface area contributed by atoms with E-state index in [0.29, 0.717) is 0 Å². The smallest absolute Gasteiger partial charge is 0.411 e. The van der Waals surface area contributed by atoms with Crippen LogP contribution in [0.25, 0.3) is 0 Å². The normalized spacial score (nSPS) is 11.0. The van der Waals surface area contributed by atoms with Crippen molar-refractivity contribution in [2.75, 3.05) is 26.4 Å². The van der Waals surface area contributed by atoms with Gasteiger partial charge in [0.15, 0.2) is 6.61 Å². The maximum Gasteiger partial charge on any atom is 0.411 e. The molecular formula is C13H14F3NO5. The predicted octanol–water partition coefficient (Wildman–Crippen LogP) is 1.46. The molecule has 122 valence electrons. The molecule has 0 unspecified atom stereocenters. The molecule has 0 aliphatic heterocycles. The Morgan fingerprint density at radius 1 is 1.27 bits per heavy atom. The van der Waals surface area contributed by atoms with Gasteiger partial charge in [-0.05, 0) is 18.2 Å². The van der Waals surface area contributed by atoms with Gasteiger partial charge in [0, 0.05) is 12.1 Å². The highest BCUT2D eigenvalue weighted by atomic mass is 19.4. The van der Waals surface area contributed by atoms with Gasteiger partial charge in [-0.1, -0.05) is 6.07 Å². The second-order valence-electron chi connectivity index (χ2n) is 4.13. The zero-order chi connectivity index (χ0) is 16.6. The van der Waals surface area contributed by atoms with Crippen molar-refractivity contribution < 1.29 is 37.3 Å². The number of aliphatic carboxylic acids is 1. The predicted molar refractivity (Wildman–Crippen MR) is 68.8 cm³/mol. The number of carbonyl (C=O) groups is 2. The molecule has 9 heteroatoms. The molecular weight excluding hydrogens is 307 g/mol. The fraction of sp³-hybridized carbons (Fsp3) is 0.385. The van der Waals surface area contributed by atoms with Crippen molar-refractivity contribution in [3.05, 3.63) is 29.8 Å². The summed E-state index contributed by atoms with van der Waals surface area (Å²) in [6.07, 6.45) is -4.40. The lowest BCUT2D eigenvalue weighted by Gasteiger charge is -2.09. The van der Waals surface area contributed by atoms with Crippen LogP contribution < -0.4 is 10.1 Å². The number of alkyl halides is 3. The molecule has 0 bridgehead atoms. The third kappa shape index (κ3) is 7.48. The summed E-state index contributed by atoms with van der Waals surface area (Å²) in [4.78, 5) is 22.1. The van der Waals surface area contributed by atoms with Crippen molar-refractivity contribution in [3.8, 4) is 5.75 Å². The number of halogens is 3. The minimum atomic E-state index is -4.40. The first-order chi connectivity index (χ1) is 10.3. The molecule has 0 aliphatic rings. The number of carbonyl (C=O) groups excluding carboxylic acids is 1. The lowest BCUT2D eigenvalue weighted by molar-refractivity contribution is -0.173.